The number of fused-ring (bicyclic) bond motifs is 1. The molecular weight excluding hydrogens is 286 g/mol. The van der Waals surface area contributed by atoms with Gasteiger partial charge in [0.05, 0.1) is 20.3 Å². The fourth-order valence-electron chi connectivity index (χ4n) is 3.35. The third-order valence-corrected chi connectivity index (χ3v) is 4.61. The summed E-state index contributed by atoms with van der Waals surface area (Å²) in [7, 11) is 3.46. The Balaban J connectivity index is 2.02. The second-order valence-electron chi connectivity index (χ2n) is 6.36. The zero-order valence-electron chi connectivity index (χ0n) is 14.3. The van der Waals surface area contributed by atoms with Crippen LogP contribution in [0.1, 0.15) is 48.1 Å². The molecule has 0 aromatic heterocycles. The molecule has 2 aromatic carbocycles. The minimum atomic E-state index is 0.230. The van der Waals surface area contributed by atoms with Crippen molar-refractivity contribution in [1.29, 1.82) is 0 Å². The fraction of sp³-hybridized carbons (Fsp3) is 0.400. The molecule has 1 unspecified atom stereocenters. The summed E-state index contributed by atoms with van der Waals surface area (Å²) in [4.78, 5) is 0. The first-order valence-corrected chi connectivity index (χ1v) is 8.22. The lowest BCUT2D eigenvalue weighted by Crippen LogP contribution is -2.30. The van der Waals surface area contributed by atoms with Crippen molar-refractivity contribution < 1.29 is 9.47 Å². The van der Waals surface area contributed by atoms with E-state index in [0.717, 1.165) is 24.5 Å². The number of methoxy groups -OCH3 is 2. The number of benzene rings is 2. The van der Waals surface area contributed by atoms with E-state index in [2.05, 4.69) is 49.5 Å². The second kappa shape index (κ2) is 6.63. The Bertz CT molecular complexity index is 694. The normalized spacial score (nSPS) is 17.0. The maximum Gasteiger partial charge on any atom is 0.122 e. The monoisotopic (exact) mass is 311 g/mol. The van der Waals surface area contributed by atoms with Gasteiger partial charge in [0, 0.05) is 6.54 Å². The molecule has 1 N–H and O–H groups in total. The number of rotatable bonds is 4. The Morgan fingerprint density at radius 2 is 1.87 bits per heavy atom. The minimum absolute atomic E-state index is 0.230. The average Bonchev–Trinajstić information content (AvgIpc) is 2.60. The first-order valence-electron chi connectivity index (χ1n) is 8.22. The molecule has 0 saturated heterocycles. The van der Waals surface area contributed by atoms with Gasteiger partial charge in [0.25, 0.3) is 0 Å². The van der Waals surface area contributed by atoms with Crippen LogP contribution in [0.4, 0.5) is 0 Å². The summed E-state index contributed by atoms with van der Waals surface area (Å²) < 4.78 is 10.9. The highest BCUT2D eigenvalue weighted by atomic mass is 16.5. The molecule has 122 valence electrons. The molecule has 1 aliphatic heterocycles. The summed E-state index contributed by atoms with van der Waals surface area (Å²) in [6.45, 7) is 5.39. The molecule has 1 heterocycles. The highest BCUT2D eigenvalue weighted by Crippen LogP contribution is 2.35. The Kier molecular flexibility index (Phi) is 4.58. The molecule has 0 spiro atoms. The Morgan fingerprint density at radius 3 is 2.57 bits per heavy atom. The van der Waals surface area contributed by atoms with Crippen molar-refractivity contribution >= 4 is 0 Å². The molecule has 3 nitrogen and oxygen atoms in total. The third-order valence-electron chi connectivity index (χ3n) is 4.61. The van der Waals surface area contributed by atoms with Gasteiger partial charge < -0.3 is 14.8 Å². The number of ether oxygens (including phenoxy) is 2. The van der Waals surface area contributed by atoms with Crippen LogP contribution in [0.25, 0.3) is 0 Å². The van der Waals surface area contributed by atoms with Crippen LogP contribution in [-0.2, 0) is 6.42 Å². The summed E-state index contributed by atoms with van der Waals surface area (Å²) in [6, 6.07) is 13.2. The van der Waals surface area contributed by atoms with Crippen LogP contribution in [0.5, 0.6) is 11.5 Å². The lowest BCUT2D eigenvalue weighted by Gasteiger charge is -2.28. The molecule has 0 saturated carbocycles. The molecule has 0 aliphatic carbocycles. The van der Waals surface area contributed by atoms with Gasteiger partial charge >= 0.3 is 0 Å². The number of nitrogens with one attached hydrogen (secondary N) is 1. The van der Waals surface area contributed by atoms with E-state index >= 15 is 0 Å². The summed E-state index contributed by atoms with van der Waals surface area (Å²) >= 11 is 0. The quantitative estimate of drug-likeness (QED) is 0.923. The van der Waals surface area contributed by atoms with Crippen molar-refractivity contribution in [3.05, 3.63) is 58.7 Å². The van der Waals surface area contributed by atoms with Crippen molar-refractivity contribution in [3.8, 4) is 11.5 Å². The minimum Gasteiger partial charge on any atom is -0.497 e. The van der Waals surface area contributed by atoms with Crippen molar-refractivity contribution in [2.75, 3.05) is 20.8 Å². The van der Waals surface area contributed by atoms with E-state index in [9.17, 15) is 0 Å². The highest BCUT2D eigenvalue weighted by molar-refractivity contribution is 5.47. The molecule has 0 amide bonds. The zero-order chi connectivity index (χ0) is 16.4. The number of hydrogen-bond donors (Lipinski definition) is 1. The van der Waals surface area contributed by atoms with Crippen molar-refractivity contribution in [1.82, 2.24) is 5.32 Å². The van der Waals surface area contributed by atoms with Crippen LogP contribution in [0.2, 0.25) is 0 Å². The third kappa shape index (κ3) is 3.06. The maximum absolute atomic E-state index is 5.51. The first-order chi connectivity index (χ1) is 11.1. The molecule has 23 heavy (non-hydrogen) atoms. The fourth-order valence-corrected chi connectivity index (χ4v) is 3.35. The van der Waals surface area contributed by atoms with Crippen LogP contribution in [0.3, 0.4) is 0 Å². The molecule has 3 heteroatoms. The van der Waals surface area contributed by atoms with Gasteiger partial charge in [-0.05, 0) is 58.9 Å². The highest BCUT2D eigenvalue weighted by Gasteiger charge is 2.23. The topological polar surface area (TPSA) is 30.5 Å². The Morgan fingerprint density at radius 1 is 1.04 bits per heavy atom. The van der Waals surface area contributed by atoms with E-state index < -0.39 is 0 Å². The maximum atomic E-state index is 5.51. The van der Waals surface area contributed by atoms with Crippen molar-refractivity contribution in [3.63, 3.8) is 0 Å². The van der Waals surface area contributed by atoms with Gasteiger partial charge in [0.2, 0.25) is 0 Å². The summed E-state index contributed by atoms with van der Waals surface area (Å²) in [5, 5.41) is 3.65. The second-order valence-corrected chi connectivity index (χ2v) is 6.36. The standard InChI is InChI=1S/C20H25NO2/c1-13(2)18-12-15(5-8-19(18)23-4)20-17-7-6-16(22-3)11-14(17)9-10-21-20/h5-8,11-13,20-21H,9-10H2,1-4H3. The van der Waals surface area contributed by atoms with E-state index in [1.54, 1.807) is 14.2 Å². The van der Waals surface area contributed by atoms with Crippen LogP contribution >= 0.6 is 0 Å². The zero-order valence-corrected chi connectivity index (χ0v) is 14.3. The van der Waals surface area contributed by atoms with Crippen LogP contribution < -0.4 is 14.8 Å². The SMILES string of the molecule is COc1ccc2c(c1)CCNC2c1ccc(OC)c(C(C)C)c1. The van der Waals surface area contributed by atoms with Gasteiger partial charge in [-0.25, -0.2) is 0 Å². The molecule has 1 aliphatic rings. The van der Waals surface area contributed by atoms with Gasteiger partial charge in [-0.15, -0.1) is 0 Å². The van der Waals surface area contributed by atoms with E-state index in [1.807, 2.05) is 6.07 Å². The Labute approximate surface area is 138 Å². The van der Waals surface area contributed by atoms with Gasteiger partial charge in [-0.2, -0.15) is 0 Å². The molecule has 2 aromatic rings. The van der Waals surface area contributed by atoms with Crippen LogP contribution in [-0.4, -0.2) is 20.8 Å². The summed E-state index contributed by atoms with van der Waals surface area (Å²) in [5.74, 6) is 2.33. The Hall–Kier alpha value is -2.00. The molecular formula is C20H25NO2. The van der Waals surface area contributed by atoms with Gasteiger partial charge in [-0.3, -0.25) is 0 Å². The first kappa shape index (κ1) is 15.9. The lowest BCUT2D eigenvalue weighted by molar-refractivity contribution is 0.407. The molecule has 0 fully saturated rings. The smallest absolute Gasteiger partial charge is 0.122 e. The van der Waals surface area contributed by atoms with Gasteiger partial charge in [-0.1, -0.05) is 26.0 Å². The molecule has 0 radical (unpaired) electrons. The predicted molar refractivity (Wildman–Crippen MR) is 93.6 cm³/mol. The average molecular weight is 311 g/mol. The van der Waals surface area contributed by atoms with Crippen LogP contribution in [0.15, 0.2) is 36.4 Å². The molecule has 0 bridgehead atoms. The molecule has 1 atom stereocenters. The van der Waals surface area contributed by atoms with Gasteiger partial charge in [0.1, 0.15) is 11.5 Å². The van der Waals surface area contributed by atoms with E-state index in [-0.39, 0.29) is 6.04 Å². The molecule has 3 rings (SSSR count). The van der Waals surface area contributed by atoms with E-state index in [4.69, 9.17) is 9.47 Å². The number of hydrogen-bond acceptors (Lipinski definition) is 3. The van der Waals surface area contributed by atoms with Gasteiger partial charge in [0.15, 0.2) is 0 Å². The summed E-state index contributed by atoms with van der Waals surface area (Å²) in [5.41, 5.74) is 5.26. The van der Waals surface area contributed by atoms with Crippen molar-refractivity contribution in [2.45, 2.75) is 32.2 Å². The van der Waals surface area contributed by atoms with E-state index in [1.165, 1.54) is 22.3 Å². The summed E-state index contributed by atoms with van der Waals surface area (Å²) in [6.07, 6.45) is 1.04. The van der Waals surface area contributed by atoms with Crippen LogP contribution in [0, 0.1) is 0 Å². The predicted octanol–water partition coefficient (Wildman–Crippen LogP) is 4.06. The lowest BCUT2D eigenvalue weighted by atomic mass is 9.88. The largest absolute Gasteiger partial charge is 0.497 e. The van der Waals surface area contributed by atoms with Crippen molar-refractivity contribution in [2.24, 2.45) is 0 Å². The van der Waals surface area contributed by atoms with E-state index in [0.29, 0.717) is 5.92 Å².